The highest BCUT2D eigenvalue weighted by Crippen LogP contribution is 2.17. The van der Waals surface area contributed by atoms with Crippen molar-refractivity contribution in [2.75, 3.05) is 25.6 Å². The van der Waals surface area contributed by atoms with Crippen LogP contribution in [0.15, 0.2) is 42.5 Å². The molecule has 2 aromatic rings. The molecule has 0 saturated carbocycles. The van der Waals surface area contributed by atoms with Crippen molar-refractivity contribution in [1.82, 2.24) is 0 Å². The number of nitrogens with one attached hydrogen (secondary N) is 1. The predicted octanol–water partition coefficient (Wildman–Crippen LogP) is 4.36. The van der Waals surface area contributed by atoms with Crippen molar-refractivity contribution in [3.63, 3.8) is 0 Å². The Bertz CT molecular complexity index is 662. The summed E-state index contributed by atoms with van der Waals surface area (Å²) in [6.45, 7) is 5.61. The van der Waals surface area contributed by atoms with Crippen LogP contribution in [0.1, 0.15) is 34.3 Å². The monoisotopic (exact) mass is 327 g/mol. The Balaban J connectivity index is 1.73. The number of carbonyl (C=O) groups excluding carboxylic acids is 1. The van der Waals surface area contributed by atoms with E-state index in [1.807, 2.05) is 18.2 Å². The third kappa shape index (κ3) is 5.30. The summed E-state index contributed by atoms with van der Waals surface area (Å²) in [5.41, 5.74) is 3.79. The first-order valence-electron chi connectivity index (χ1n) is 8.22. The van der Waals surface area contributed by atoms with E-state index in [2.05, 4.69) is 37.4 Å². The first kappa shape index (κ1) is 17.9. The van der Waals surface area contributed by atoms with E-state index >= 15 is 0 Å². The van der Waals surface area contributed by atoms with E-state index in [9.17, 15) is 4.79 Å². The molecule has 2 aromatic carbocycles. The molecule has 0 bridgehead atoms. The molecular weight excluding hydrogens is 302 g/mol. The Morgan fingerprint density at radius 1 is 1.04 bits per heavy atom. The van der Waals surface area contributed by atoms with E-state index in [1.54, 1.807) is 6.07 Å². The largest absolute Gasteiger partial charge is 0.494 e. The zero-order chi connectivity index (χ0) is 17.4. The number of carbonyl (C=O) groups is 1. The molecule has 0 saturated heterocycles. The number of methoxy groups -OCH3 is 1. The maximum Gasteiger partial charge on any atom is 0.339 e. The molecule has 0 unspecified atom stereocenters. The third-order valence-corrected chi connectivity index (χ3v) is 3.68. The van der Waals surface area contributed by atoms with Gasteiger partial charge in [-0.1, -0.05) is 18.2 Å². The molecule has 0 aliphatic carbocycles. The van der Waals surface area contributed by atoms with Gasteiger partial charge < -0.3 is 14.8 Å². The summed E-state index contributed by atoms with van der Waals surface area (Å²) in [5, 5.41) is 3.29. The second-order valence-electron chi connectivity index (χ2n) is 5.84. The zero-order valence-electron chi connectivity index (χ0n) is 14.6. The Labute approximate surface area is 143 Å². The molecule has 0 atom stereocenters. The minimum atomic E-state index is -0.323. The lowest BCUT2D eigenvalue weighted by Gasteiger charge is -2.11. The van der Waals surface area contributed by atoms with Crippen molar-refractivity contribution in [2.45, 2.75) is 26.7 Å². The minimum absolute atomic E-state index is 0.323. The summed E-state index contributed by atoms with van der Waals surface area (Å²) < 4.78 is 10.6. The molecule has 0 amide bonds. The Hall–Kier alpha value is -2.49. The summed E-state index contributed by atoms with van der Waals surface area (Å²) in [4.78, 5) is 11.7. The van der Waals surface area contributed by atoms with Gasteiger partial charge in [0.15, 0.2) is 0 Å². The number of para-hydroxylation sites is 1. The summed E-state index contributed by atoms with van der Waals surface area (Å²) in [5.74, 6) is 0.604. The standard InChI is InChI=1S/C20H25NO3/c1-15-12-16(2)14-17(13-15)24-11-7-6-10-21-19-9-5-4-8-18(19)20(22)23-3/h4-5,8-9,12-14,21H,6-7,10-11H2,1-3H3. The number of rotatable bonds is 8. The van der Waals surface area contributed by atoms with Crippen LogP contribution < -0.4 is 10.1 Å². The Kier molecular flexibility index (Phi) is 6.67. The Morgan fingerprint density at radius 2 is 1.75 bits per heavy atom. The van der Waals surface area contributed by atoms with Crippen LogP contribution in [-0.4, -0.2) is 26.2 Å². The average molecular weight is 327 g/mol. The van der Waals surface area contributed by atoms with E-state index in [4.69, 9.17) is 9.47 Å². The van der Waals surface area contributed by atoms with E-state index in [-0.39, 0.29) is 5.97 Å². The highest BCUT2D eigenvalue weighted by atomic mass is 16.5. The number of hydrogen-bond donors (Lipinski definition) is 1. The fraction of sp³-hybridized carbons (Fsp3) is 0.350. The first-order valence-corrected chi connectivity index (χ1v) is 8.22. The molecule has 24 heavy (non-hydrogen) atoms. The van der Waals surface area contributed by atoms with Gasteiger partial charge in [0.1, 0.15) is 5.75 Å². The van der Waals surface area contributed by atoms with E-state index in [0.29, 0.717) is 12.2 Å². The number of esters is 1. The quantitative estimate of drug-likeness (QED) is 0.578. The fourth-order valence-corrected chi connectivity index (χ4v) is 2.58. The van der Waals surface area contributed by atoms with Crippen molar-refractivity contribution in [1.29, 1.82) is 0 Å². The lowest BCUT2D eigenvalue weighted by Crippen LogP contribution is -2.10. The normalized spacial score (nSPS) is 10.3. The van der Waals surface area contributed by atoms with Gasteiger partial charge in [0.05, 0.1) is 19.3 Å². The van der Waals surface area contributed by atoms with Crippen molar-refractivity contribution >= 4 is 11.7 Å². The van der Waals surface area contributed by atoms with Gasteiger partial charge in [0.25, 0.3) is 0 Å². The van der Waals surface area contributed by atoms with Crippen molar-refractivity contribution in [2.24, 2.45) is 0 Å². The maximum absolute atomic E-state index is 11.7. The van der Waals surface area contributed by atoms with E-state index in [1.165, 1.54) is 18.2 Å². The number of benzene rings is 2. The van der Waals surface area contributed by atoms with Gasteiger partial charge in [0.2, 0.25) is 0 Å². The predicted molar refractivity (Wildman–Crippen MR) is 96.9 cm³/mol. The van der Waals surface area contributed by atoms with Gasteiger partial charge in [-0.25, -0.2) is 4.79 Å². The molecule has 4 heteroatoms. The number of hydrogen-bond acceptors (Lipinski definition) is 4. The number of unbranched alkanes of at least 4 members (excludes halogenated alkanes) is 1. The van der Waals surface area contributed by atoms with Crippen molar-refractivity contribution in [3.05, 3.63) is 59.2 Å². The van der Waals surface area contributed by atoms with Gasteiger partial charge in [0, 0.05) is 12.2 Å². The van der Waals surface area contributed by atoms with Crippen molar-refractivity contribution in [3.8, 4) is 5.75 Å². The molecule has 1 N–H and O–H groups in total. The molecule has 0 spiro atoms. The number of ether oxygens (including phenoxy) is 2. The highest BCUT2D eigenvalue weighted by molar-refractivity contribution is 5.95. The average Bonchev–Trinajstić information content (AvgIpc) is 2.56. The van der Waals surface area contributed by atoms with Gasteiger partial charge in [-0.15, -0.1) is 0 Å². The third-order valence-electron chi connectivity index (χ3n) is 3.68. The molecule has 0 radical (unpaired) electrons. The molecule has 0 aliphatic heterocycles. The van der Waals surface area contributed by atoms with Gasteiger partial charge in [-0.3, -0.25) is 0 Å². The summed E-state index contributed by atoms with van der Waals surface area (Å²) >= 11 is 0. The van der Waals surface area contributed by atoms with Gasteiger partial charge >= 0.3 is 5.97 Å². The Morgan fingerprint density at radius 3 is 2.46 bits per heavy atom. The topological polar surface area (TPSA) is 47.6 Å². The van der Waals surface area contributed by atoms with Gasteiger partial charge in [-0.2, -0.15) is 0 Å². The van der Waals surface area contributed by atoms with Crippen LogP contribution in [0.4, 0.5) is 5.69 Å². The smallest absolute Gasteiger partial charge is 0.339 e. The highest BCUT2D eigenvalue weighted by Gasteiger charge is 2.09. The molecule has 4 nitrogen and oxygen atoms in total. The number of aryl methyl sites for hydroxylation is 2. The second-order valence-corrected chi connectivity index (χ2v) is 5.84. The number of anilines is 1. The summed E-state index contributed by atoms with van der Waals surface area (Å²) in [7, 11) is 1.39. The summed E-state index contributed by atoms with van der Waals surface area (Å²) in [6, 6.07) is 13.6. The molecule has 2 rings (SSSR count). The van der Waals surface area contributed by atoms with E-state index in [0.717, 1.165) is 30.8 Å². The van der Waals surface area contributed by atoms with Gasteiger partial charge in [-0.05, 0) is 62.1 Å². The summed E-state index contributed by atoms with van der Waals surface area (Å²) in [6.07, 6.45) is 1.90. The lowest BCUT2D eigenvalue weighted by molar-refractivity contribution is 0.0602. The molecular formula is C20H25NO3. The van der Waals surface area contributed by atoms with Crippen LogP contribution in [0.2, 0.25) is 0 Å². The minimum Gasteiger partial charge on any atom is -0.494 e. The molecule has 0 aromatic heterocycles. The maximum atomic E-state index is 11.7. The second kappa shape index (κ2) is 8.96. The van der Waals surface area contributed by atoms with Crippen LogP contribution in [0.25, 0.3) is 0 Å². The van der Waals surface area contributed by atoms with Crippen molar-refractivity contribution < 1.29 is 14.3 Å². The molecule has 0 aliphatic rings. The van der Waals surface area contributed by atoms with E-state index < -0.39 is 0 Å². The fourth-order valence-electron chi connectivity index (χ4n) is 2.58. The molecule has 0 heterocycles. The van der Waals surface area contributed by atoms with Crippen LogP contribution in [0, 0.1) is 13.8 Å². The van der Waals surface area contributed by atoms with Crippen LogP contribution in [0.5, 0.6) is 5.75 Å². The first-order chi connectivity index (χ1) is 11.6. The van der Waals surface area contributed by atoms with Crippen LogP contribution in [-0.2, 0) is 4.74 Å². The SMILES string of the molecule is COC(=O)c1ccccc1NCCCCOc1cc(C)cc(C)c1. The van der Waals surface area contributed by atoms with Crippen LogP contribution >= 0.6 is 0 Å². The zero-order valence-corrected chi connectivity index (χ0v) is 14.6. The van der Waals surface area contributed by atoms with Crippen LogP contribution in [0.3, 0.4) is 0 Å². The molecule has 0 fully saturated rings. The molecule has 128 valence electrons. The lowest BCUT2D eigenvalue weighted by atomic mass is 10.1.